The van der Waals surface area contributed by atoms with Crippen LogP contribution in [0.3, 0.4) is 0 Å². The van der Waals surface area contributed by atoms with Crippen LogP contribution < -0.4 is 14.4 Å². The van der Waals surface area contributed by atoms with E-state index in [1.54, 1.807) is 13.3 Å². The minimum absolute atomic E-state index is 0.458. The van der Waals surface area contributed by atoms with Crippen LogP contribution in [0.5, 0.6) is 11.6 Å². The number of anilines is 1. The number of fused-ring (bicyclic) bond motifs is 1. The van der Waals surface area contributed by atoms with Gasteiger partial charge in [-0.25, -0.2) is 4.98 Å². The van der Waals surface area contributed by atoms with Gasteiger partial charge in [0.25, 0.3) is 0 Å². The van der Waals surface area contributed by atoms with Crippen LogP contribution in [-0.2, 0) is 6.54 Å². The van der Waals surface area contributed by atoms with E-state index in [-0.39, 0.29) is 0 Å². The Morgan fingerprint density at radius 3 is 2.90 bits per heavy atom. The second-order valence-corrected chi connectivity index (χ2v) is 4.63. The van der Waals surface area contributed by atoms with Crippen LogP contribution in [0.1, 0.15) is 5.56 Å². The van der Waals surface area contributed by atoms with Gasteiger partial charge in [0.1, 0.15) is 18.0 Å². The Morgan fingerprint density at radius 1 is 1.35 bits per heavy atom. The van der Waals surface area contributed by atoms with Crippen LogP contribution in [0.15, 0.2) is 54.9 Å². The molecule has 0 bridgehead atoms. The lowest BCUT2D eigenvalue weighted by molar-refractivity contribution is 0.319. The molecule has 0 saturated heterocycles. The van der Waals surface area contributed by atoms with Gasteiger partial charge < -0.3 is 14.4 Å². The fourth-order valence-corrected chi connectivity index (χ4v) is 2.20. The van der Waals surface area contributed by atoms with E-state index in [2.05, 4.69) is 28.6 Å². The first-order valence-corrected chi connectivity index (χ1v) is 6.44. The van der Waals surface area contributed by atoms with Gasteiger partial charge in [-0.05, 0) is 5.56 Å². The number of hydrogen-bond acceptors (Lipinski definition) is 4. The molecule has 0 amide bonds. The van der Waals surface area contributed by atoms with Crippen molar-refractivity contribution >= 4 is 5.69 Å². The molecule has 1 aromatic heterocycles. The van der Waals surface area contributed by atoms with Crippen molar-refractivity contribution in [3.05, 3.63) is 60.4 Å². The molecular formula is C16H16N2O2. The Balaban J connectivity index is 1.96. The largest absolute Gasteiger partial charge is 0.495 e. The molecule has 20 heavy (non-hydrogen) atoms. The maximum absolute atomic E-state index is 5.60. The van der Waals surface area contributed by atoms with Crippen LogP contribution >= 0.6 is 0 Å². The van der Waals surface area contributed by atoms with E-state index in [4.69, 9.17) is 9.47 Å². The van der Waals surface area contributed by atoms with Crippen molar-refractivity contribution in [2.45, 2.75) is 6.54 Å². The minimum atomic E-state index is 0.458. The molecule has 4 heteroatoms. The lowest BCUT2D eigenvalue weighted by Crippen LogP contribution is -2.30. The topological polar surface area (TPSA) is 34.6 Å². The highest BCUT2D eigenvalue weighted by molar-refractivity contribution is 5.63. The van der Waals surface area contributed by atoms with Crippen LogP contribution in [0.25, 0.3) is 0 Å². The second-order valence-electron chi connectivity index (χ2n) is 4.63. The van der Waals surface area contributed by atoms with Gasteiger partial charge in [0.15, 0.2) is 0 Å². The van der Waals surface area contributed by atoms with Crippen LogP contribution in [-0.4, -0.2) is 18.7 Å². The zero-order valence-corrected chi connectivity index (χ0v) is 11.4. The first-order valence-electron chi connectivity index (χ1n) is 6.44. The van der Waals surface area contributed by atoms with Crippen molar-refractivity contribution < 1.29 is 9.47 Å². The molecule has 0 radical (unpaired) electrons. The molecule has 3 rings (SSSR count). The van der Waals surface area contributed by atoms with Gasteiger partial charge in [0.05, 0.1) is 13.3 Å². The summed E-state index contributed by atoms with van der Waals surface area (Å²) in [6.07, 6.45) is 1.66. The highest BCUT2D eigenvalue weighted by Gasteiger charge is 2.23. The van der Waals surface area contributed by atoms with Gasteiger partial charge in [-0.2, -0.15) is 0 Å². The molecule has 0 N–H and O–H groups in total. The molecule has 1 aromatic carbocycles. The number of ether oxygens (including phenoxy) is 2. The highest BCUT2D eigenvalue weighted by Crippen LogP contribution is 2.36. The zero-order chi connectivity index (χ0) is 13.9. The third kappa shape index (κ3) is 2.32. The summed E-state index contributed by atoms with van der Waals surface area (Å²) in [5.41, 5.74) is 3.02. The summed E-state index contributed by atoms with van der Waals surface area (Å²) in [6, 6.07) is 12.2. The van der Waals surface area contributed by atoms with E-state index in [9.17, 15) is 0 Å². The number of benzene rings is 1. The lowest BCUT2D eigenvalue weighted by atomic mass is 10.2. The third-order valence-corrected chi connectivity index (χ3v) is 3.27. The molecule has 0 spiro atoms. The number of methoxy groups -OCH3 is 1. The predicted molar refractivity (Wildman–Crippen MR) is 78.0 cm³/mol. The fraction of sp³-hybridized carbons (Fsp3) is 0.188. The van der Waals surface area contributed by atoms with Gasteiger partial charge in [-0.3, -0.25) is 0 Å². The molecule has 102 valence electrons. The smallest absolute Gasteiger partial charge is 0.238 e. The summed E-state index contributed by atoms with van der Waals surface area (Å²) >= 11 is 0. The summed E-state index contributed by atoms with van der Waals surface area (Å²) in [6.45, 7) is 5.28. The number of aromatic nitrogens is 1. The highest BCUT2D eigenvalue weighted by atomic mass is 16.5. The second kappa shape index (κ2) is 5.25. The standard InChI is InChI=1S/C16H16N2O2/c1-12-11-20-16-15(8-14(19-2)9-17-16)18(12)10-13-6-4-3-5-7-13/h3-9H,1,10-11H2,2H3. The van der Waals surface area contributed by atoms with Crippen molar-refractivity contribution in [2.24, 2.45) is 0 Å². The van der Waals surface area contributed by atoms with E-state index >= 15 is 0 Å². The van der Waals surface area contributed by atoms with Gasteiger partial charge >= 0.3 is 0 Å². The Bertz CT molecular complexity index is 626. The summed E-state index contributed by atoms with van der Waals surface area (Å²) in [7, 11) is 1.63. The average molecular weight is 268 g/mol. The normalized spacial score (nSPS) is 13.7. The van der Waals surface area contributed by atoms with E-state index < -0.39 is 0 Å². The van der Waals surface area contributed by atoms with Crippen molar-refractivity contribution in [3.63, 3.8) is 0 Å². The Kier molecular flexibility index (Phi) is 3.29. The summed E-state index contributed by atoms with van der Waals surface area (Å²) in [5, 5.41) is 0. The Labute approximate surface area is 118 Å². The van der Waals surface area contributed by atoms with Crippen molar-refractivity contribution in [1.29, 1.82) is 0 Å². The van der Waals surface area contributed by atoms with Crippen molar-refractivity contribution in [3.8, 4) is 11.6 Å². The van der Waals surface area contributed by atoms with E-state index in [0.29, 0.717) is 18.2 Å². The number of rotatable bonds is 3. The lowest BCUT2D eigenvalue weighted by Gasteiger charge is -2.32. The van der Waals surface area contributed by atoms with E-state index in [1.807, 2.05) is 24.3 Å². The molecule has 0 fully saturated rings. The monoisotopic (exact) mass is 268 g/mol. The van der Waals surface area contributed by atoms with Crippen LogP contribution in [0, 0.1) is 0 Å². The van der Waals surface area contributed by atoms with E-state index in [1.165, 1.54) is 5.56 Å². The average Bonchev–Trinajstić information content (AvgIpc) is 2.51. The summed E-state index contributed by atoms with van der Waals surface area (Å²) in [5.74, 6) is 1.33. The van der Waals surface area contributed by atoms with Gasteiger partial charge in [-0.15, -0.1) is 0 Å². The molecular weight excluding hydrogens is 252 g/mol. The zero-order valence-electron chi connectivity index (χ0n) is 11.4. The fourth-order valence-electron chi connectivity index (χ4n) is 2.20. The summed E-state index contributed by atoms with van der Waals surface area (Å²) < 4.78 is 10.8. The predicted octanol–water partition coefficient (Wildman–Crippen LogP) is 3.00. The van der Waals surface area contributed by atoms with Crippen LogP contribution in [0.4, 0.5) is 5.69 Å². The first-order chi connectivity index (χ1) is 9.78. The van der Waals surface area contributed by atoms with Crippen molar-refractivity contribution in [1.82, 2.24) is 4.98 Å². The number of nitrogens with zero attached hydrogens (tertiary/aromatic N) is 2. The number of pyridine rings is 1. The van der Waals surface area contributed by atoms with Gasteiger partial charge in [0, 0.05) is 18.3 Å². The quantitative estimate of drug-likeness (QED) is 0.857. The van der Waals surface area contributed by atoms with Gasteiger partial charge in [-0.1, -0.05) is 36.9 Å². The molecule has 1 aliphatic rings. The molecule has 0 unspecified atom stereocenters. The van der Waals surface area contributed by atoms with E-state index in [0.717, 1.165) is 17.9 Å². The molecule has 0 saturated carbocycles. The Hall–Kier alpha value is -2.49. The number of hydrogen-bond donors (Lipinski definition) is 0. The molecule has 2 aromatic rings. The molecule has 1 aliphatic heterocycles. The molecule has 0 atom stereocenters. The van der Waals surface area contributed by atoms with Crippen molar-refractivity contribution in [2.75, 3.05) is 18.6 Å². The van der Waals surface area contributed by atoms with Crippen LogP contribution in [0.2, 0.25) is 0 Å². The first kappa shape index (κ1) is 12.5. The molecule has 0 aliphatic carbocycles. The summed E-state index contributed by atoms with van der Waals surface area (Å²) in [4.78, 5) is 6.40. The molecule has 2 heterocycles. The third-order valence-electron chi connectivity index (χ3n) is 3.27. The maximum Gasteiger partial charge on any atom is 0.238 e. The minimum Gasteiger partial charge on any atom is -0.495 e. The SMILES string of the molecule is C=C1COc2ncc(OC)cc2N1Cc1ccccc1. The molecule has 4 nitrogen and oxygen atoms in total. The maximum atomic E-state index is 5.60. The van der Waals surface area contributed by atoms with Gasteiger partial charge in [0.2, 0.25) is 5.88 Å². The Morgan fingerprint density at radius 2 is 2.15 bits per heavy atom.